The maximum atomic E-state index is 12.8. The summed E-state index contributed by atoms with van der Waals surface area (Å²) >= 11 is 0. The predicted octanol–water partition coefficient (Wildman–Crippen LogP) is 12.0. The first kappa shape index (κ1) is 37.4. The third kappa shape index (κ3) is 9.29. The zero-order chi connectivity index (χ0) is 37.4. The lowest BCUT2D eigenvalue weighted by molar-refractivity contribution is 0.103. The van der Waals surface area contributed by atoms with Crippen LogP contribution in [0, 0.1) is 5.82 Å². The van der Waals surface area contributed by atoms with Crippen LogP contribution in [-0.2, 0) is 5.41 Å². The summed E-state index contributed by atoms with van der Waals surface area (Å²) in [5.41, 5.74) is 6.94. The van der Waals surface area contributed by atoms with E-state index in [9.17, 15) is 19.1 Å². The minimum absolute atomic E-state index is 0.00247. The highest BCUT2D eigenvalue weighted by Gasteiger charge is 2.23. The molecule has 0 amide bonds. The molecule has 0 fully saturated rings. The van der Waals surface area contributed by atoms with E-state index in [0.717, 1.165) is 16.9 Å². The van der Waals surface area contributed by atoms with Gasteiger partial charge in [0, 0.05) is 27.7 Å². The van der Waals surface area contributed by atoms with Gasteiger partial charge in [-0.2, -0.15) is 0 Å². The molecule has 5 heteroatoms. The fraction of sp³-hybridized carbons (Fsp3) is 0.191. The van der Waals surface area contributed by atoms with Crippen molar-refractivity contribution in [3.05, 3.63) is 196 Å². The van der Waals surface area contributed by atoms with Crippen LogP contribution in [0.2, 0.25) is 0 Å². The van der Waals surface area contributed by atoms with Crippen molar-refractivity contribution in [2.75, 3.05) is 0 Å². The van der Waals surface area contributed by atoms with Gasteiger partial charge in [0.1, 0.15) is 23.1 Å². The van der Waals surface area contributed by atoms with Gasteiger partial charge in [-0.05, 0) is 107 Å². The van der Waals surface area contributed by atoms with E-state index >= 15 is 0 Å². The van der Waals surface area contributed by atoms with E-state index in [2.05, 4.69) is 53.7 Å². The quantitative estimate of drug-likeness (QED) is 0.145. The van der Waals surface area contributed by atoms with Gasteiger partial charge >= 0.3 is 0 Å². The van der Waals surface area contributed by atoms with Crippen molar-refractivity contribution in [2.45, 2.75) is 58.8 Å². The van der Waals surface area contributed by atoms with E-state index < -0.39 is 0 Å². The number of ketones is 2. The van der Waals surface area contributed by atoms with Gasteiger partial charge in [-0.15, -0.1) is 0 Å². The van der Waals surface area contributed by atoms with Crippen LogP contribution in [0.5, 0.6) is 17.2 Å². The number of benzene rings is 6. The number of phenolic OH excluding ortho intramolecular Hbond substituents is 1. The maximum absolute atomic E-state index is 12.8. The molecule has 0 unspecified atom stereocenters. The van der Waals surface area contributed by atoms with E-state index in [1.807, 2.05) is 84.9 Å². The smallest absolute Gasteiger partial charge is 0.193 e. The van der Waals surface area contributed by atoms with Crippen LogP contribution in [-0.4, -0.2) is 16.7 Å². The average molecular weight is 693 g/mol. The second-order valence-corrected chi connectivity index (χ2v) is 14.0. The molecule has 264 valence electrons. The Kier molecular flexibility index (Phi) is 11.9. The predicted molar refractivity (Wildman–Crippen MR) is 208 cm³/mol. The molecule has 0 aliphatic heterocycles. The van der Waals surface area contributed by atoms with Crippen molar-refractivity contribution in [2.24, 2.45) is 0 Å². The van der Waals surface area contributed by atoms with Gasteiger partial charge in [0.2, 0.25) is 0 Å². The summed E-state index contributed by atoms with van der Waals surface area (Å²) in [4.78, 5) is 24.9. The lowest BCUT2D eigenvalue weighted by atomic mass is 9.78. The van der Waals surface area contributed by atoms with E-state index in [0.29, 0.717) is 39.8 Å². The summed E-state index contributed by atoms with van der Waals surface area (Å²) in [5, 5.41) is 9.57. The molecular formula is C47H45FO4. The molecule has 0 atom stereocenters. The van der Waals surface area contributed by atoms with E-state index in [1.54, 1.807) is 24.3 Å². The van der Waals surface area contributed by atoms with Crippen molar-refractivity contribution >= 4 is 11.6 Å². The van der Waals surface area contributed by atoms with Gasteiger partial charge in [0.25, 0.3) is 0 Å². The second-order valence-electron chi connectivity index (χ2n) is 14.0. The molecule has 0 saturated heterocycles. The normalized spacial score (nSPS) is 11.2. The molecule has 0 radical (unpaired) electrons. The molecule has 1 N–H and O–H groups in total. The molecule has 4 nitrogen and oxygen atoms in total. The molecule has 6 aromatic carbocycles. The SMILES string of the molecule is CC(C)c1ccc(C(=O)c2ccc(F)cc2)cc1.CC(C)c1ccc(C(=O)c2ccc(Oc3ccc(C(C)(C)c4ccc(O)cc4)cc3)cc2)cc1. The standard InChI is InChI=1S/C31H30O3.C16H15FO/c1-21(2)22-5-7-23(8-6-22)30(33)24-9-17-28(18-10-24)34-29-19-13-26(14-20-29)31(3,4)25-11-15-27(32)16-12-25;1-11(2)12-3-5-13(6-4-12)16(18)14-7-9-15(17)10-8-14/h5-21,32H,1-4H3;3-11H,1-2H3. The van der Waals surface area contributed by atoms with Gasteiger partial charge in [0.15, 0.2) is 11.6 Å². The lowest BCUT2D eigenvalue weighted by Gasteiger charge is -2.26. The Balaban J connectivity index is 0.000000244. The number of halogens is 1. The molecule has 0 heterocycles. The molecule has 0 aliphatic rings. The first-order valence-corrected chi connectivity index (χ1v) is 17.5. The van der Waals surface area contributed by atoms with Crippen LogP contribution in [0.1, 0.15) is 107 Å². The van der Waals surface area contributed by atoms with Gasteiger partial charge in [-0.3, -0.25) is 9.59 Å². The highest BCUT2D eigenvalue weighted by molar-refractivity contribution is 6.09. The summed E-state index contributed by atoms with van der Waals surface area (Å²) in [6.07, 6.45) is 0. The van der Waals surface area contributed by atoms with E-state index in [1.165, 1.54) is 35.4 Å². The molecule has 0 bridgehead atoms. The van der Waals surface area contributed by atoms with Crippen molar-refractivity contribution in [3.63, 3.8) is 0 Å². The number of ether oxygens (including phenoxy) is 1. The molecule has 6 rings (SSSR count). The minimum atomic E-state index is -0.332. The highest BCUT2D eigenvalue weighted by Crippen LogP contribution is 2.34. The third-order valence-electron chi connectivity index (χ3n) is 9.30. The third-order valence-corrected chi connectivity index (χ3v) is 9.30. The number of carbonyl (C=O) groups excluding carboxylic acids is 2. The van der Waals surface area contributed by atoms with Crippen LogP contribution >= 0.6 is 0 Å². The Hall–Kier alpha value is -5.81. The topological polar surface area (TPSA) is 63.6 Å². The number of hydrogen-bond acceptors (Lipinski definition) is 4. The minimum Gasteiger partial charge on any atom is -0.508 e. The summed E-state index contributed by atoms with van der Waals surface area (Å²) in [6, 6.07) is 43.6. The number of hydrogen-bond donors (Lipinski definition) is 1. The number of rotatable bonds is 10. The maximum Gasteiger partial charge on any atom is 0.193 e. The largest absolute Gasteiger partial charge is 0.508 e. The molecular weight excluding hydrogens is 648 g/mol. The molecule has 52 heavy (non-hydrogen) atoms. The first-order chi connectivity index (χ1) is 24.8. The Labute approximate surface area is 306 Å². The van der Waals surface area contributed by atoms with Crippen molar-refractivity contribution in [1.82, 2.24) is 0 Å². The molecule has 6 aromatic rings. The zero-order valence-electron chi connectivity index (χ0n) is 30.6. The van der Waals surface area contributed by atoms with Crippen LogP contribution in [0.25, 0.3) is 0 Å². The molecule has 0 aliphatic carbocycles. The Morgan fingerprint density at radius 1 is 0.500 bits per heavy atom. The Morgan fingerprint density at radius 3 is 1.17 bits per heavy atom. The van der Waals surface area contributed by atoms with Gasteiger partial charge in [-0.25, -0.2) is 4.39 Å². The summed E-state index contributed by atoms with van der Waals surface area (Å²) in [7, 11) is 0. The van der Waals surface area contributed by atoms with Crippen molar-refractivity contribution in [1.29, 1.82) is 0 Å². The fourth-order valence-corrected chi connectivity index (χ4v) is 5.77. The van der Waals surface area contributed by atoms with Crippen molar-refractivity contribution < 1.29 is 23.8 Å². The van der Waals surface area contributed by atoms with Crippen LogP contribution < -0.4 is 4.74 Å². The second kappa shape index (κ2) is 16.5. The monoisotopic (exact) mass is 692 g/mol. The zero-order valence-corrected chi connectivity index (χ0v) is 30.6. The van der Waals surface area contributed by atoms with Gasteiger partial charge < -0.3 is 9.84 Å². The van der Waals surface area contributed by atoms with Crippen molar-refractivity contribution in [3.8, 4) is 17.2 Å². The molecule has 0 saturated carbocycles. The number of carbonyl (C=O) groups is 2. The number of aromatic hydroxyl groups is 1. The summed E-state index contributed by atoms with van der Waals surface area (Å²) < 4.78 is 18.8. The van der Waals surface area contributed by atoms with E-state index in [-0.39, 0.29) is 28.5 Å². The molecule has 0 aromatic heterocycles. The lowest BCUT2D eigenvalue weighted by Crippen LogP contribution is -2.18. The van der Waals surface area contributed by atoms with Crippen LogP contribution in [0.15, 0.2) is 146 Å². The van der Waals surface area contributed by atoms with Gasteiger partial charge in [0.05, 0.1) is 0 Å². The van der Waals surface area contributed by atoms with Gasteiger partial charge in [-0.1, -0.05) is 114 Å². The molecule has 0 spiro atoms. The Bertz CT molecular complexity index is 2080. The average Bonchev–Trinajstić information content (AvgIpc) is 3.15. The summed E-state index contributed by atoms with van der Waals surface area (Å²) in [5.74, 6) is 2.15. The first-order valence-electron chi connectivity index (χ1n) is 17.5. The number of phenols is 1. The Morgan fingerprint density at radius 2 is 0.808 bits per heavy atom. The highest BCUT2D eigenvalue weighted by atomic mass is 19.1. The van der Waals surface area contributed by atoms with E-state index in [4.69, 9.17) is 4.74 Å². The van der Waals surface area contributed by atoms with Crippen LogP contribution in [0.3, 0.4) is 0 Å². The van der Waals surface area contributed by atoms with Crippen LogP contribution in [0.4, 0.5) is 4.39 Å². The summed E-state index contributed by atoms with van der Waals surface area (Å²) in [6.45, 7) is 12.8. The fourth-order valence-electron chi connectivity index (χ4n) is 5.77.